The van der Waals surface area contributed by atoms with Gasteiger partial charge in [0.15, 0.2) is 0 Å². The van der Waals surface area contributed by atoms with E-state index < -0.39 is 0 Å². The van der Waals surface area contributed by atoms with E-state index in [0.717, 1.165) is 27.9 Å². The van der Waals surface area contributed by atoms with Crippen LogP contribution in [0.1, 0.15) is 33.2 Å². The Balaban J connectivity index is 1.71. The highest BCUT2D eigenvalue weighted by Gasteiger charge is 2.43. The molecular weight excluding hydrogens is 398 g/mol. The number of amides is 1. The summed E-state index contributed by atoms with van der Waals surface area (Å²) in [5.74, 6) is 0.0370. The number of anilines is 1. The van der Waals surface area contributed by atoms with E-state index >= 15 is 0 Å². The zero-order valence-electron chi connectivity index (χ0n) is 16.1. The molecule has 1 aliphatic rings. The molecule has 1 amide bonds. The molecule has 5 nitrogen and oxygen atoms in total. The summed E-state index contributed by atoms with van der Waals surface area (Å²) in [5.41, 5.74) is 5.68. The summed E-state index contributed by atoms with van der Waals surface area (Å²) in [7, 11) is 0. The fraction of sp³-hybridized carbons (Fsp3) is 0.0833. The van der Waals surface area contributed by atoms with Crippen molar-refractivity contribution in [3.63, 3.8) is 0 Å². The topological polar surface area (TPSA) is 69.2 Å². The second-order valence-corrected chi connectivity index (χ2v) is 7.81. The van der Waals surface area contributed by atoms with E-state index in [1.165, 1.54) is 0 Å². The Morgan fingerprint density at radius 1 is 0.967 bits per heavy atom. The number of hydrogen-bond acceptors (Lipinski definition) is 3. The summed E-state index contributed by atoms with van der Waals surface area (Å²) in [6, 6.07) is 21.8. The van der Waals surface area contributed by atoms with Crippen molar-refractivity contribution in [2.24, 2.45) is 0 Å². The molecular formula is C24H18ClN3O2. The van der Waals surface area contributed by atoms with Gasteiger partial charge in [-0.15, -0.1) is 0 Å². The number of carbonyl (C=O) groups is 1. The predicted molar refractivity (Wildman–Crippen MR) is 117 cm³/mol. The molecule has 3 aromatic carbocycles. The molecule has 0 aliphatic carbocycles. The highest BCUT2D eigenvalue weighted by Crippen LogP contribution is 2.45. The number of benzene rings is 3. The first kappa shape index (κ1) is 18.5. The van der Waals surface area contributed by atoms with E-state index in [-0.39, 0.29) is 17.7 Å². The van der Waals surface area contributed by atoms with Crippen LogP contribution in [-0.2, 0) is 0 Å². The summed E-state index contributed by atoms with van der Waals surface area (Å²) < 4.78 is 0. The standard InChI is InChI=1S/C24H18ClN3O2/c1-14-2-10-18(11-3-14)28-23(16-6-12-19(29)13-7-16)20-21(26-27-22(20)24(28)30)15-4-8-17(25)9-5-15/h2-13,23,29H,1H3,(H,26,27)/t23-/m1/s1. The molecule has 1 aliphatic heterocycles. The van der Waals surface area contributed by atoms with Crippen molar-refractivity contribution in [2.45, 2.75) is 13.0 Å². The highest BCUT2D eigenvalue weighted by atomic mass is 35.5. The molecule has 2 N–H and O–H groups in total. The minimum absolute atomic E-state index is 0.139. The van der Waals surface area contributed by atoms with E-state index in [4.69, 9.17) is 11.6 Å². The van der Waals surface area contributed by atoms with Gasteiger partial charge in [0.2, 0.25) is 0 Å². The van der Waals surface area contributed by atoms with Gasteiger partial charge in [-0.25, -0.2) is 0 Å². The van der Waals surface area contributed by atoms with Crippen LogP contribution >= 0.6 is 11.6 Å². The molecule has 1 atom stereocenters. The summed E-state index contributed by atoms with van der Waals surface area (Å²) in [6.45, 7) is 2.01. The van der Waals surface area contributed by atoms with Gasteiger partial charge < -0.3 is 5.11 Å². The van der Waals surface area contributed by atoms with Crippen molar-refractivity contribution >= 4 is 23.2 Å². The molecule has 2 heterocycles. The van der Waals surface area contributed by atoms with Crippen molar-refractivity contribution in [3.8, 4) is 17.0 Å². The van der Waals surface area contributed by atoms with Crippen LogP contribution in [0.5, 0.6) is 5.75 Å². The van der Waals surface area contributed by atoms with Gasteiger partial charge in [-0.1, -0.05) is 53.6 Å². The van der Waals surface area contributed by atoms with Crippen molar-refractivity contribution in [1.29, 1.82) is 0 Å². The maximum absolute atomic E-state index is 13.4. The zero-order valence-corrected chi connectivity index (χ0v) is 16.9. The number of hydrogen-bond donors (Lipinski definition) is 2. The lowest BCUT2D eigenvalue weighted by atomic mass is 9.95. The molecule has 4 aromatic rings. The van der Waals surface area contributed by atoms with Gasteiger partial charge in [-0.3, -0.25) is 14.8 Å². The van der Waals surface area contributed by atoms with Gasteiger partial charge in [0.1, 0.15) is 11.4 Å². The number of aromatic nitrogens is 2. The van der Waals surface area contributed by atoms with Crippen LogP contribution in [0, 0.1) is 6.92 Å². The number of fused-ring (bicyclic) bond motifs is 1. The number of halogens is 1. The molecule has 0 fully saturated rings. The SMILES string of the molecule is Cc1ccc(N2C(=O)c3[nH]nc(-c4ccc(Cl)cc4)c3[C@H]2c2ccc(O)cc2)cc1. The molecule has 0 saturated heterocycles. The smallest absolute Gasteiger partial charge is 0.277 e. The van der Waals surface area contributed by atoms with Crippen LogP contribution in [0.2, 0.25) is 5.02 Å². The van der Waals surface area contributed by atoms with Gasteiger partial charge in [0, 0.05) is 21.8 Å². The number of H-pyrrole nitrogens is 1. The number of aromatic amines is 1. The Kier molecular flexibility index (Phi) is 4.33. The van der Waals surface area contributed by atoms with Crippen molar-refractivity contribution < 1.29 is 9.90 Å². The van der Waals surface area contributed by atoms with Crippen LogP contribution < -0.4 is 4.90 Å². The van der Waals surface area contributed by atoms with Gasteiger partial charge in [0.25, 0.3) is 5.91 Å². The molecule has 5 rings (SSSR count). The van der Waals surface area contributed by atoms with Crippen LogP contribution in [-0.4, -0.2) is 21.2 Å². The monoisotopic (exact) mass is 415 g/mol. The minimum atomic E-state index is -0.375. The fourth-order valence-corrected chi connectivity index (χ4v) is 4.04. The average Bonchev–Trinajstić information content (AvgIpc) is 3.29. The van der Waals surface area contributed by atoms with Gasteiger partial charge in [0.05, 0.1) is 11.7 Å². The van der Waals surface area contributed by atoms with E-state index in [1.54, 1.807) is 17.0 Å². The van der Waals surface area contributed by atoms with Crippen molar-refractivity contribution in [1.82, 2.24) is 10.2 Å². The van der Waals surface area contributed by atoms with Crippen LogP contribution in [0.25, 0.3) is 11.3 Å². The number of rotatable bonds is 3. The normalized spacial score (nSPS) is 15.5. The van der Waals surface area contributed by atoms with Crippen LogP contribution in [0.3, 0.4) is 0 Å². The molecule has 148 valence electrons. The molecule has 0 radical (unpaired) electrons. The lowest BCUT2D eigenvalue weighted by Crippen LogP contribution is -2.29. The number of nitrogens with one attached hydrogen (secondary N) is 1. The minimum Gasteiger partial charge on any atom is -0.508 e. The van der Waals surface area contributed by atoms with Crippen molar-refractivity contribution in [3.05, 3.63) is 100 Å². The molecule has 0 saturated carbocycles. The Morgan fingerprint density at radius 3 is 2.30 bits per heavy atom. The maximum Gasteiger partial charge on any atom is 0.277 e. The maximum atomic E-state index is 13.4. The zero-order chi connectivity index (χ0) is 20.8. The van der Waals surface area contributed by atoms with Crippen molar-refractivity contribution in [2.75, 3.05) is 4.90 Å². The van der Waals surface area contributed by atoms with E-state index in [0.29, 0.717) is 16.4 Å². The summed E-state index contributed by atoms with van der Waals surface area (Å²) >= 11 is 6.05. The van der Waals surface area contributed by atoms with Crippen LogP contribution in [0.15, 0.2) is 72.8 Å². The summed E-state index contributed by atoms with van der Waals surface area (Å²) in [5, 5.41) is 17.8. The third kappa shape index (κ3) is 2.95. The van der Waals surface area contributed by atoms with E-state index in [1.807, 2.05) is 67.6 Å². The second-order valence-electron chi connectivity index (χ2n) is 7.37. The second kappa shape index (κ2) is 7.04. The Hall–Kier alpha value is -3.57. The largest absolute Gasteiger partial charge is 0.508 e. The third-order valence-corrected chi connectivity index (χ3v) is 5.66. The predicted octanol–water partition coefficient (Wildman–Crippen LogP) is 5.49. The third-order valence-electron chi connectivity index (χ3n) is 5.41. The first-order chi connectivity index (χ1) is 14.5. The van der Waals surface area contributed by atoms with Crippen LogP contribution in [0.4, 0.5) is 5.69 Å². The van der Waals surface area contributed by atoms with E-state index in [2.05, 4.69) is 10.2 Å². The fourth-order valence-electron chi connectivity index (χ4n) is 3.92. The summed E-state index contributed by atoms with van der Waals surface area (Å²) in [4.78, 5) is 15.2. The quantitative estimate of drug-likeness (QED) is 0.464. The number of carbonyl (C=O) groups excluding carboxylic acids is 1. The molecule has 30 heavy (non-hydrogen) atoms. The number of phenolic OH excluding ortho intramolecular Hbond substituents is 1. The van der Waals surface area contributed by atoms with Gasteiger partial charge in [-0.2, -0.15) is 5.10 Å². The number of aromatic hydroxyl groups is 1. The number of aryl methyl sites for hydroxylation is 1. The molecule has 0 spiro atoms. The molecule has 0 unspecified atom stereocenters. The molecule has 0 bridgehead atoms. The summed E-state index contributed by atoms with van der Waals surface area (Å²) in [6.07, 6.45) is 0. The Bertz CT molecular complexity index is 1230. The van der Waals surface area contributed by atoms with Gasteiger partial charge >= 0.3 is 0 Å². The van der Waals surface area contributed by atoms with E-state index in [9.17, 15) is 9.90 Å². The lowest BCUT2D eigenvalue weighted by Gasteiger charge is -2.26. The first-order valence-electron chi connectivity index (χ1n) is 9.56. The Morgan fingerprint density at radius 2 is 1.63 bits per heavy atom. The first-order valence-corrected chi connectivity index (χ1v) is 9.94. The average molecular weight is 416 g/mol. The Labute approximate surface area is 178 Å². The lowest BCUT2D eigenvalue weighted by molar-refractivity contribution is 0.0989. The highest BCUT2D eigenvalue weighted by molar-refractivity contribution is 6.30. The molecule has 1 aromatic heterocycles. The molecule has 6 heteroatoms. The number of nitrogens with zero attached hydrogens (tertiary/aromatic N) is 2. The number of phenols is 1. The van der Waals surface area contributed by atoms with Gasteiger partial charge in [-0.05, 0) is 48.9 Å².